The Kier molecular flexibility index (Phi) is 16.8. The molecule has 4 aliphatic rings. The quantitative estimate of drug-likeness (QED) is 0.154. The molecule has 0 nitrogen and oxygen atoms in total. The molecule has 4 aliphatic carbocycles. The van der Waals surface area contributed by atoms with Crippen LogP contribution >= 0.6 is 40.2 Å². The minimum atomic E-state index is -0.826. The summed E-state index contributed by atoms with van der Waals surface area (Å²) in [5.41, 5.74) is 11.3. The molecule has 0 aromatic heterocycles. The maximum atomic E-state index is 6.57. The van der Waals surface area contributed by atoms with Crippen LogP contribution in [0.2, 0.25) is 10.0 Å². The second kappa shape index (κ2) is 20.6. The molecule has 0 heterocycles. The number of allylic oxidation sites excluding steroid dienone is 8. The third-order valence-corrected chi connectivity index (χ3v) is 14.2. The second-order valence-electron chi connectivity index (χ2n) is 19.3. The van der Waals surface area contributed by atoms with Gasteiger partial charge in [-0.25, -0.2) is 0 Å². The second-order valence-corrected chi connectivity index (χ2v) is 23.9. The van der Waals surface area contributed by atoms with Gasteiger partial charge in [0.2, 0.25) is 0 Å². The molecule has 0 spiro atoms. The number of hydrogen-bond donors (Lipinski definition) is 0. The number of benzene rings is 4. The first-order chi connectivity index (χ1) is 27.7. The molecule has 0 aliphatic heterocycles. The summed E-state index contributed by atoms with van der Waals surface area (Å²) in [6.45, 7) is 14.5. The number of rotatable bonds is 8. The van der Waals surface area contributed by atoms with E-state index in [9.17, 15) is 0 Å². The van der Waals surface area contributed by atoms with Crippen LogP contribution < -0.4 is 0 Å². The Morgan fingerprint density at radius 3 is 1.18 bits per heavy atom. The summed E-state index contributed by atoms with van der Waals surface area (Å²) in [4.78, 5) is 0. The fourth-order valence-electron chi connectivity index (χ4n) is 11.4. The summed E-state index contributed by atoms with van der Waals surface area (Å²) in [5.74, 6) is 2.56. The standard InChI is InChI=1S/C53H58Cl2.2CH3.2ClH.Zr/c1-51(2,3)48-31-44-45-32-49(52(4,5)6)43(38-17-11-8-12-18-38)30-47(45)50(46(44)29-42(48)37-15-9-7-10-16-37)53(39-19-13-14-20-39,33-35-21-25-40(54)26-22-35)34-36-23-27-41(55)28-24-36;;;;;/h7-12,15-18,21-32,39,44-47,50H,13-14,19-20,33-34H2,1-6H3;2*1H3;2*1H;/q;2*-1;;;+4/p-2. The average Bonchev–Trinajstić information content (AvgIpc) is 3.86. The summed E-state index contributed by atoms with van der Waals surface area (Å²) in [5, 5.41) is 1.61. The van der Waals surface area contributed by atoms with Crippen molar-refractivity contribution in [3.8, 4) is 0 Å². The minimum absolute atomic E-state index is 0. The van der Waals surface area contributed by atoms with Gasteiger partial charge in [0.25, 0.3) is 0 Å². The molecule has 0 radical (unpaired) electrons. The molecule has 8 rings (SSSR count). The van der Waals surface area contributed by atoms with Crippen LogP contribution in [0.15, 0.2) is 145 Å². The topological polar surface area (TPSA) is 0 Å². The average molecular weight is 958 g/mol. The van der Waals surface area contributed by atoms with E-state index in [0.29, 0.717) is 35.5 Å². The Morgan fingerprint density at radius 2 is 0.850 bits per heavy atom. The first-order valence-electron chi connectivity index (χ1n) is 21.2. The van der Waals surface area contributed by atoms with Crippen molar-refractivity contribution in [2.75, 3.05) is 0 Å². The molecule has 2 fully saturated rings. The molecule has 4 aromatic rings. The fraction of sp³-hybridized carbons (Fsp3) is 0.382. The van der Waals surface area contributed by atoms with Crippen LogP contribution in [0.1, 0.15) is 89.5 Å². The predicted octanol–water partition coefficient (Wildman–Crippen LogP) is 17.5. The fourth-order valence-corrected chi connectivity index (χ4v) is 11.6. The van der Waals surface area contributed by atoms with E-state index in [-0.39, 0.29) is 31.1 Å². The van der Waals surface area contributed by atoms with Gasteiger partial charge >= 0.3 is 37.9 Å². The zero-order chi connectivity index (χ0) is 41.2. The van der Waals surface area contributed by atoms with Crippen LogP contribution in [-0.2, 0) is 33.7 Å². The van der Waals surface area contributed by atoms with Crippen molar-refractivity contribution in [3.05, 3.63) is 192 Å². The Balaban J connectivity index is 0.00000133. The van der Waals surface area contributed by atoms with Crippen LogP contribution in [0.5, 0.6) is 0 Å². The molecule has 316 valence electrons. The maximum absolute atomic E-state index is 6.57. The van der Waals surface area contributed by atoms with Gasteiger partial charge in [-0.05, 0) is 146 Å². The molecule has 0 amide bonds. The van der Waals surface area contributed by atoms with Crippen molar-refractivity contribution < 1.29 is 20.8 Å². The van der Waals surface area contributed by atoms with Gasteiger partial charge in [0.1, 0.15) is 0 Å². The summed E-state index contributed by atoms with van der Waals surface area (Å²) in [6.07, 6.45) is 18.4. The van der Waals surface area contributed by atoms with Crippen LogP contribution in [0.3, 0.4) is 0 Å². The molecule has 0 N–H and O–H groups in total. The van der Waals surface area contributed by atoms with Crippen molar-refractivity contribution in [2.45, 2.75) is 80.1 Å². The van der Waals surface area contributed by atoms with E-state index in [1.165, 1.54) is 70.2 Å². The van der Waals surface area contributed by atoms with E-state index in [2.05, 4.69) is 175 Å². The Morgan fingerprint density at radius 1 is 0.500 bits per heavy atom. The normalized spacial score (nSPS) is 22.5. The van der Waals surface area contributed by atoms with Gasteiger partial charge in [0.05, 0.1) is 0 Å². The van der Waals surface area contributed by atoms with Crippen molar-refractivity contribution in [3.63, 3.8) is 0 Å². The zero-order valence-electron chi connectivity index (χ0n) is 36.9. The van der Waals surface area contributed by atoms with Crippen molar-refractivity contribution in [2.24, 2.45) is 51.8 Å². The molecule has 4 unspecified atom stereocenters. The number of halogens is 4. The summed E-state index contributed by atoms with van der Waals surface area (Å²) < 4.78 is 0. The predicted molar refractivity (Wildman–Crippen MR) is 261 cm³/mol. The summed E-state index contributed by atoms with van der Waals surface area (Å²) in [6, 6.07) is 40.2. The Bertz CT molecular complexity index is 1980. The molecular weight excluding hydrogens is 894 g/mol. The molecule has 0 saturated heterocycles. The van der Waals surface area contributed by atoms with Crippen molar-refractivity contribution in [1.29, 1.82) is 0 Å². The molecule has 60 heavy (non-hydrogen) atoms. The van der Waals surface area contributed by atoms with Gasteiger partial charge in [-0.2, -0.15) is 0 Å². The number of hydrogen-bond acceptors (Lipinski definition) is 0. The zero-order valence-corrected chi connectivity index (χ0v) is 42.4. The third-order valence-electron chi connectivity index (χ3n) is 13.7. The number of fused-ring (bicyclic) bond motifs is 3. The summed E-state index contributed by atoms with van der Waals surface area (Å²) >= 11 is 12.3. The van der Waals surface area contributed by atoms with Gasteiger partial charge in [-0.3, -0.25) is 0 Å². The van der Waals surface area contributed by atoms with Gasteiger partial charge in [0.15, 0.2) is 0 Å². The van der Waals surface area contributed by atoms with Crippen LogP contribution in [0.4, 0.5) is 0 Å². The third kappa shape index (κ3) is 10.5. The Hall–Kier alpha value is -2.12. The molecule has 4 aromatic carbocycles. The molecule has 5 heteroatoms. The SMILES string of the molecule is CC(C)(C)C1=CC2C3C=C(C(C)(C)C)C(c4ccccc4)=CC3C(C(Cc3ccc(Cl)cc3)(Cc3ccc(Cl)cc3)C3CCCC3)C2C=C1c1ccccc1.[CH3-].[CH3-].[Cl][Zr+2][Cl]. The first kappa shape index (κ1) is 48.9. The van der Waals surface area contributed by atoms with E-state index < -0.39 is 20.8 Å². The van der Waals surface area contributed by atoms with Gasteiger partial charge in [-0.1, -0.05) is 187 Å². The monoisotopic (exact) mass is 954 g/mol. The van der Waals surface area contributed by atoms with E-state index >= 15 is 0 Å². The van der Waals surface area contributed by atoms with Crippen LogP contribution in [0.25, 0.3) is 11.1 Å². The van der Waals surface area contributed by atoms with Gasteiger partial charge in [0, 0.05) is 10.0 Å². The van der Waals surface area contributed by atoms with Crippen LogP contribution in [-0.4, -0.2) is 0 Å². The van der Waals surface area contributed by atoms with Crippen LogP contribution in [0, 0.1) is 66.6 Å². The molecule has 4 atom stereocenters. The van der Waals surface area contributed by atoms with Crippen molar-refractivity contribution in [1.82, 2.24) is 0 Å². The van der Waals surface area contributed by atoms with Gasteiger partial charge in [-0.15, -0.1) is 0 Å². The van der Waals surface area contributed by atoms with E-state index in [0.717, 1.165) is 22.9 Å². The van der Waals surface area contributed by atoms with E-state index in [4.69, 9.17) is 40.2 Å². The molecular formula is C55H64Cl4Zr. The summed E-state index contributed by atoms with van der Waals surface area (Å²) in [7, 11) is 9.87. The van der Waals surface area contributed by atoms with Crippen molar-refractivity contribution >= 4 is 51.4 Å². The molecule has 2 saturated carbocycles. The first-order valence-corrected chi connectivity index (χ1v) is 28.3. The van der Waals surface area contributed by atoms with Gasteiger partial charge < -0.3 is 14.9 Å². The van der Waals surface area contributed by atoms with E-state index in [1.807, 2.05) is 0 Å². The Labute approximate surface area is 392 Å². The molecule has 0 bridgehead atoms. The van der Waals surface area contributed by atoms with E-state index in [1.54, 1.807) is 0 Å².